The van der Waals surface area contributed by atoms with E-state index in [4.69, 9.17) is 0 Å². The molecule has 0 aliphatic rings. The third-order valence-corrected chi connectivity index (χ3v) is 8.96. The second-order valence-electron chi connectivity index (χ2n) is 11.6. The minimum Gasteiger partial charge on any atom is -0.284 e. The maximum absolute atomic E-state index is 16.2. The van der Waals surface area contributed by atoms with E-state index in [2.05, 4.69) is 4.99 Å². The van der Waals surface area contributed by atoms with Gasteiger partial charge in [-0.25, -0.2) is 65.9 Å². The lowest BCUT2D eigenvalue weighted by atomic mass is 9.09. The lowest BCUT2D eigenvalue weighted by Gasteiger charge is -2.49. The number of nitrogens with zero attached hydrogens (tertiary/aromatic N) is 1. The zero-order valence-electron chi connectivity index (χ0n) is 26.1. The van der Waals surface area contributed by atoms with Gasteiger partial charge in [-0.1, -0.05) is 67.6 Å². The predicted molar refractivity (Wildman–Crippen MR) is 161 cm³/mol. The normalized spacial score (nSPS) is 13.4. The van der Waals surface area contributed by atoms with E-state index in [9.17, 15) is 13.2 Å². The summed E-state index contributed by atoms with van der Waals surface area (Å²) in [7, 11) is 0. The van der Waals surface area contributed by atoms with Crippen molar-refractivity contribution in [1.82, 2.24) is 0 Å². The van der Waals surface area contributed by atoms with Crippen LogP contribution in [-0.4, -0.2) is 11.9 Å². The second-order valence-corrected chi connectivity index (χ2v) is 11.6. The van der Waals surface area contributed by atoms with E-state index < -0.39 is 127 Å². The average Bonchev–Trinajstić information content (AvgIpc) is 3.15. The van der Waals surface area contributed by atoms with Crippen molar-refractivity contribution >= 4 is 28.2 Å². The van der Waals surface area contributed by atoms with Crippen molar-refractivity contribution in [3.63, 3.8) is 0 Å². The monoisotopic (exact) mass is 748 g/mol. The highest BCUT2D eigenvalue weighted by Crippen LogP contribution is 2.37. The molecule has 52 heavy (non-hydrogen) atoms. The van der Waals surface area contributed by atoms with Crippen molar-refractivity contribution in [3.8, 4) is 0 Å². The number of aliphatic imine (C=N–C) groups is 1. The molecule has 0 bridgehead atoms. The molecule has 5 aromatic carbocycles. The van der Waals surface area contributed by atoms with Gasteiger partial charge < -0.3 is 0 Å². The lowest BCUT2D eigenvalue weighted by Crippen LogP contribution is -2.76. The van der Waals surface area contributed by atoms with E-state index in [-0.39, 0.29) is 11.1 Å². The molecule has 0 radical (unpaired) electrons. The van der Waals surface area contributed by atoms with Gasteiger partial charge in [0.2, 0.25) is 0 Å². The molecule has 17 heteroatoms. The van der Waals surface area contributed by atoms with E-state index in [1.807, 2.05) is 0 Å². The van der Waals surface area contributed by atoms with Crippen molar-refractivity contribution in [2.24, 2.45) is 4.99 Å². The summed E-state index contributed by atoms with van der Waals surface area (Å²) < 4.78 is 231. The maximum Gasteiger partial charge on any atom is 0.200 e. The van der Waals surface area contributed by atoms with Crippen LogP contribution in [0.25, 0.3) is 0 Å². The topological polar surface area (TPSA) is 12.4 Å². The van der Waals surface area contributed by atoms with Crippen LogP contribution in [0.5, 0.6) is 0 Å². The van der Waals surface area contributed by atoms with Crippen molar-refractivity contribution < 1.29 is 65.9 Å². The first-order chi connectivity index (χ1) is 24.4. The fourth-order valence-corrected chi connectivity index (χ4v) is 6.56. The predicted octanol–water partition coefficient (Wildman–Crippen LogP) is 8.88. The molecule has 0 saturated carbocycles. The van der Waals surface area contributed by atoms with Gasteiger partial charge in [-0.15, -0.1) is 22.2 Å². The van der Waals surface area contributed by atoms with Crippen LogP contribution in [0, 0.1) is 87.3 Å². The molecule has 5 aromatic rings. The first-order valence-corrected chi connectivity index (χ1v) is 14.8. The van der Waals surface area contributed by atoms with Gasteiger partial charge in [0.25, 0.3) is 0 Å². The van der Waals surface area contributed by atoms with Gasteiger partial charge in [0.15, 0.2) is 52.4 Å². The Morgan fingerprint density at radius 2 is 0.673 bits per heavy atom. The summed E-state index contributed by atoms with van der Waals surface area (Å²) >= 11 is 0. The van der Waals surface area contributed by atoms with E-state index in [0.717, 1.165) is 12.1 Å². The summed E-state index contributed by atoms with van der Waals surface area (Å²) in [6.07, 6.45) is -5.90. The Bertz CT molecular complexity index is 1990. The van der Waals surface area contributed by atoms with Crippen LogP contribution >= 0.6 is 0 Å². The molecule has 5 rings (SSSR count). The van der Waals surface area contributed by atoms with Gasteiger partial charge in [0.05, 0.1) is 6.04 Å². The molecule has 0 N–H and O–H groups in total. The minimum absolute atomic E-state index is 0.282. The van der Waals surface area contributed by atoms with Crippen LogP contribution in [0.3, 0.4) is 0 Å². The number of hydrogen-bond acceptors (Lipinski definition) is 1. The van der Waals surface area contributed by atoms with Crippen LogP contribution in [0.1, 0.15) is 31.0 Å². The van der Waals surface area contributed by atoms with Gasteiger partial charge in [0, 0.05) is 5.71 Å². The van der Waals surface area contributed by atoms with E-state index in [1.165, 1.54) is 49.4 Å². The minimum atomic E-state index is -5.90. The van der Waals surface area contributed by atoms with Gasteiger partial charge in [-0.2, -0.15) is 0 Å². The molecule has 0 aliphatic carbocycles. The number of benzene rings is 5. The highest BCUT2D eigenvalue weighted by Gasteiger charge is 2.52. The van der Waals surface area contributed by atoms with Gasteiger partial charge in [-0.3, -0.25) is 4.99 Å². The van der Waals surface area contributed by atoms with Crippen molar-refractivity contribution in [3.05, 3.63) is 159 Å². The molecule has 0 spiro atoms. The summed E-state index contributed by atoms with van der Waals surface area (Å²) in [5.74, 6) is -48.6. The first-order valence-electron chi connectivity index (χ1n) is 14.8. The Kier molecular flexibility index (Phi) is 10.3. The van der Waals surface area contributed by atoms with Crippen LogP contribution in [-0.2, 0) is 0 Å². The summed E-state index contributed by atoms with van der Waals surface area (Å²) in [6, 6.07) is 12.2. The molecule has 1 nitrogen and oxygen atoms in total. The zero-order chi connectivity index (χ0) is 38.6. The Hall–Kier alpha value is -5.22. The van der Waals surface area contributed by atoms with Crippen molar-refractivity contribution in [1.29, 1.82) is 0 Å². The number of rotatable bonds is 8. The van der Waals surface area contributed by atoms with Crippen LogP contribution < -0.4 is 16.4 Å². The first kappa shape index (κ1) is 38.0. The molecular weight excluding hydrogens is 730 g/mol. The third kappa shape index (κ3) is 5.69. The SMILES string of the molecule is C[C@H](N=C(c1ccccc1)[C@@H](C)[B-](c1c(F)c(F)c(F)c(F)c1F)(c1c(F)c(F)c(F)c(F)c1F)c1c(F)c(F)c(F)c(F)c1F)c1ccccc1. The Labute approximate surface area is 284 Å². The molecule has 0 heterocycles. The largest absolute Gasteiger partial charge is 0.284 e. The Balaban J connectivity index is 2.19. The van der Waals surface area contributed by atoms with Crippen LogP contribution in [0.4, 0.5) is 65.9 Å². The summed E-state index contributed by atoms with van der Waals surface area (Å²) in [6.45, 7) is 1.83. The van der Waals surface area contributed by atoms with Crippen LogP contribution in [0.2, 0.25) is 5.82 Å². The molecule has 0 fully saturated rings. The molecule has 0 saturated heterocycles. The summed E-state index contributed by atoms with van der Waals surface area (Å²) in [4.78, 5) is 4.34. The molecule has 0 aliphatic heterocycles. The Morgan fingerprint density at radius 3 is 0.981 bits per heavy atom. The van der Waals surface area contributed by atoms with Gasteiger partial charge >= 0.3 is 0 Å². The molecule has 0 aromatic heterocycles. The van der Waals surface area contributed by atoms with E-state index >= 15 is 52.7 Å². The number of hydrogen-bond donors (Lipinski definition) is 0. The standard InChI is InChI=1S/C35H18BF15N/c1-13(35(16-11-7-4-8-12-16)52-14(2)15-9-5-3-6-10-15)36(17-20(37)26(43)32(49)27(44)21(17)38,18-22(39)28(45)33(50)29(46)23(18)40)19-24(41)30(47)34(51)31(48)25(19)42/h3-14H,1-2H3/q-1/t13-,14+/m1/s1. The zero-order valence-corrected chi connectivity index (χ0v) is 26.1. The molecule has 272 valence electrons. The molecule has 0 unspecified atom stereocenters. The molecule has 2 atom stereocenters. The van der Waals surface area contributed by atoms with Crippen LogP contribution in [0.15, 0.2) is 65.7 Å². The lowest BCUT2D eigenvalue weighted by molar-refractivity contribution is 0.379. The number of halogens is 15. The maximum atomic E-state index is 16.2. The third-order valence-electron chi connectivity index (χ3n) is 8.96. The highest BCUT2D eigenvalue weighted by molar-refractivity contribution is 7.14. The quantitative estimate of drug-likeness (QED) is 0.0495. The second kappa shape index (κ2) is 14.1. The van der Waals surface area contributed by atoms with Gasteiger partial charge in [0.1, 0.15) is 41.0 Å². The Morgan fingerprint density at radius 1 is 0.404 bits per heavy atom. The van der Waals surface area contributed by atoms with E-state index in [0.29, 0.717) is 6.92 Å². The summed E-state index contributed by atoms with van der Waals surface area (Å²) in [5.41, 5.74) is -8.94. The summed E-state index contributed by atoms with van der Waals surface area (Å²) in [5, 5.41) is 0. The average molecular weight is 748 g/mol. The molecule has 0 amide bonds. The van der Waals surface area contributed by atoms with Gasteiger partial charge in [-0.05, 0) is 18.1 Å². The van der Waals surface area contributed by atoms with E-state index in [1.54, 1.807) is 6.07 Å². The smallest absolute Gasteiger partial charge is 0.200 e. The van der Waals surface area contributed by atoms with Crippen molar-refractivity contribution in [2.75, 3.05) is 0 Å². The molecular formula is C35H18BF15N-. The van der Waals surface area contributed by atoms with Crippen molar-refractivity contribution in [2.45, 2.75) is 25.7 Å². The fourth-order valence-electron chi connectivity index (χ4n) is 6.56. The highest BCUT2D eigenvalue weighted by atomic mass is 19.2. The fraction of sp³-hybridized carbons (Fsp3) is 0.114.